The SMILES string of the molecule is COc1ccc(NC(=O)C2(CN)CC2)cn1. The van der Waals surface area contributed by atoms with E-state index in [0.29, 0.717) is 18.1 Å². The zero-order valence-corrected chi connectivity index (χ0v) is 9.19. The fraction of sp³-hybridized carbons (Fsp3) is 0.455. The third-order valence-electron chi connectivity index (χ3n) is 2.93. The maximum absolute atomic E-state index is 11.8. The summed E-state index contributed by atoms with van der Waals surface area (Å²) in [5.41, 5.74) is 5.91. The molecule has 16 heavy (non-hydrogen) atoms. The first-order valence-electron chi connectivity index (χ1n) is 5.22. The Balaban J connectivity index is 2.01. The van der Waals surface area contributed by atoms with Crippen LogP contribution in [0.2, 0.25) is 0 Å². The van der Waals surface area contributed by atoms with Crippen LogP contribution in [0.4, 0.5) is 5.69 Å². The standard InChI is InChI=1S/C11H15N3O2/c1-16-9-3-2-8(6-13-9)14-10(15)11(7-12)4-5-11/h2-3,6H,4-5,7,12H2,1H3,(H,14,15). The molecular formula is C11H15N3O2. The van der Waals surface area contributed by atoms with Crippen molar-refractivity contribution in [2.45, 2.75) is 12.8 Å². The molecule has 0 radical (unpaired) electrons. The van der Waals surface area contributed by atoms with Gasteiger partial charge in [-0.3, -0.25) is 4.79 Å². The minimum Gasteiger partial charge on any atom is -0.481 e. The van der Waals surface area contributed by atoms with E-state index in [2.05, 4.69) is 10.3 Å². The Morgan fingerprint density at radius 2 is 2.38 bits per heavy atom. The van der Waals surface area contributed by atoms with Crippen LogP contribution in [0.1, 0.15) is 12.8 Å². The zero-order chi connectivity index (χ0) is 11.6. The van der Waals surface area contributed by atoms with Gasteiger partial charge in [0.25, 0.3) is 0 Å². The van der Waals surface area contributed by atoms with Crippen LogP contribution >= 0.6 is 0 Å². The van der Waals surface area contributed by atoms with E-state index < -0.39 is 0 Å². The van der Waals surface area contributed by atoms with Crippen molar-refractivity contribution in [3.05, 3.63) is 18.3 Å². The second-order valence-electron chi connectivity index (χ2n) is 4.03. The van der Waals surface area contributed by atoms with Crippen molar-refractivity contribution < 1.29 is 9.53 Å². The summed E-state index contributed by atoms with van der Waals surface area (Å²) in [6, 6.07) is 3.47. The quantitative estimate of drug-likeness (QED) is 0.787. The average Bonchev–Trinajstić information content (AvgIpc) is 3.11. The highest BCUT2D eigenvalue weighted by atomic mass is 16.5. The second-order valence-corrected chi connectivity index (χ2v) is 4.03. The Hall–Kier alpha value is -1.62. The topological polar surface area (TPSA) is 77.2 Å². The molecule has 1 amide bonds. The van der Waals surface area contributed by atoms with Crippen LogP contribution in [0.15, 0.2) is 18.3 Å². The van der Waals surface area contributed by atoms with Crippen LogP contribution < -0.4 is 15.8 Å². The van der Waals surface area contributed by atoms with Gasteiger partial charge in [-0.15, -0.1) is 0 Å². The molecule has 1 fully saturated rings. The van der Waals surface area contributed by atoms with E-state index >= 15 is 0 Å². The highest BCUT2D eigenvalue weighted by Crippen LogP contribution is 2.45. The number of amides is 1. The summed E-state index contributed by atoms with van der Waals surface area (Å²) >= 11 is 0. The molecule has 1 aliphatic rings. The number of nitrogens with one attached hydrogen (secondary N) is 1. The Morgan fingerprint density at radius 1 is 1.62 bits per heavy atom. The number of carbonyl (C=O) groups is 1. The van der Waals surface area contributed by atoms with Crippen LogP contribution in [0, 0.1) is 5.41 Å². The third kappa shape index (κ3) is 1.99. The lowest BCUT2D eigenvalue weighted by atomic mass is 10.1. The molecule has 2 rings (SSSR count). The van der Waals surface area contributed by atoms with Gasteiger partial charge < -0.3 is 15.8 Å². The van der Waals surface area contributed by atoms with Crippen LogP contribution in [-0.4, -0.2) is 24.5 Å². The van der Waals surface area contributed by atoms with Crippen LogP contribution in [0.3, 0.4) is 0 Å². The average molecular weight is 221 g/mol. The van der Waals surface area contributed by atoms with E-state index in [1.165, 1.54) is 0 Å². The molecule has 5 heteroatoms. The van der Waals surface area contributed by atoms with Gasteiger partial charge in [-0.2, -0.15) is 0 Å². The van der Waals surface area contributed by atoms with E-state index in [9.17, 15) is 4.79 Å². The van der Waals surface area contributed by atoms with Crippen molar-refractivity contribution in [2.75, 3.05) is 19.0 Å². The van der Waals surface area contributed by atoms with Crippen molar-refractivity contribution in [1.29, 1.82) is 0 Å². The molecule has 5 nitrogen and oxygen atoms in total. The van der Waals surface area contributed by atoms with Crippen molar-refractivity contribution in [3.8, 4) is 5.88 Å². The van der Waals surface area contributed by atoms with E-state index in [1.807, 2.05) is 0 Å². The Kier molecular flexibility index (Phi) is 2.78. The van der Waals surface area contributed by atoms with Gasteiger partial charge >= 0.3 is 0 Å². The highest BCUT2D eigenvalue weighted by Gasteiger charge is 2.48. The predicted octanol–water partition coefficient (Wildman–Crippen LogP) is 0.768. The Morgan fingerprint density at radius 3 is 2.81 bits per heavy atom. The van der Waals surface area contributed by atoms with Gasteiger partial charge in [0.2, 0.25) is 11.8 Å². The first-order valence-corrected chi connectivity index (χ1v) is 5.22. The Bertz CT molecular complexity index is 385. The molecule has 0 spiro atoms. The molecule has 0 aliphatic heterocycles. The van der Waals surface area contributed by atoms with Gasteiger partial charge in [-0.25, -0.2) is 4.98 Å². The van der Waals surface area contributed by atoms with Gasteiger partial charge in [0, 0.05) is 12.6 Å². The van der Waals surface area contributed by atoms with E-state index in [1.54, 1.807) is 25.4 Å². The van der Waals surface area contributed by atoms with Gasteiger partial charge in [0.15, 0.2) is 0 Å². The molecule has 1 saturated carbocycles. The maximum Gasteiger partial charge on any atom is 0.231 e. The minimum atomic E-state index is -0.333. The summed E-state index contributed by atoms with van der Waals surface area (Å²) in [4.78, 5) is 15.8. The number of pyridine rings is 1. The largest absolute Gasteiger partial charge is 0.481 e. The van der Waals surface area contributed by atoms with Crippen molar-refractivity contribution in [1.82, 2.24) is 4.98 Å². The smallest absolute Gasteiger partial charge is 0.231 e. The first-order chi connectivity index (χ1) is 7.70. The number of nitrogens with two attached hydrogens (primary N) is 1. The second kappa shape index (κ2) is 4.09. The molecule has 0 aromatic carbocycles. The first kappa shape index (κ1) is 10.9. The number of ether oxygens (including phenoxy) is 1. The monoisotopic (exact) mass is 221 g/mol. The number of rotatable bonds is 4. The number of aromatic nitrogens is 1. The van der Waals surface area contributed by atoms with Crippen molar-refractivity contribution >= 4 is 11.6 Å². The number of hydrogen-bond acceptors (Lipinski definition) is 4. The fourth-order valence-electron chi connectivity index (χ4n) is 1.51. The van der Waals surface area contributed by atoms with Gasteiger partial charge in [0.1, 0.15) is 0 Å². The van der Waals surface area contributed by atoms with Crippen LogP contribution in [0.25, 0.3) is 0 Å². The maximum atomic E-state index is 11.8. The Labute approximate surface area is 94.0 Å². The van der Waals surface area contributed by atoms with Crippen LogP contribution in [0.5, 0.6) is 5.88 Å². The predicted molar refractivity (Wildman–Crippen MR) is 60.1 cm³/mol. The van der Waals surface area contributed by atoms with Crippen molar-refractivity contribution in [2.24, 2.45) is 11.1 Å². The normalized spacial score (nSPS) is 16.6. The van der Waals surface area contributed by atoms with Gasteiger partial charge in [-0.1, -0.05) is 0 Å². The molecule has 0 saturated heterocycles. The number of hydrogen-bond donors (Lipinski definition) is 2. The summed E-state index contributed by atoms with van der Waals surface area (Å²) in [6.07, 6.45) is 3.32. The third-order valence-corrected chi connectivity index (χ3v) is 2.93. The molecule has 0 atom stereocenters. The summed E-state index contributed by atoms with van der Waals surface area (Å²) in [5.74, 6) is 0.514. The van der Waals surface area contributed by atoms with E-state index in [0.717, 1.165) is 12.8 Å². The molecule has 0 unspecified atom stereocenters. The lowest BCUT2D eigenvalue weighted by Crippen LogP contribution is -2.30. The zero-order valence-electron chi connectivity index (χ0n) is 9.19. The van der Waals surface area contributed by atoms with E-state index in [4.69, 9.17) is 10.5 Å². The summed E-state index contributed by atoms with van der Waals surface area (Å²) in [6.45, 7) is 0.405. The molecule has 86 valence electrons. The molecule has 1 aromatic heterocycles. The summed E-state index contributed by atoms with van der Waals surface area (Å²) in [7, 11) is 1.55. The van der Waals surface area contributed by atoms with E-state index in [-0.39, 0.29) is 11.3 Å². The number of carbonyl (C=O) groups excluding carboxylic acids is 1. The fourth-order valence-corrected chi connectivity index (χ4v) is 1.51. The molecule has 0 bridgehead atoms. The molecule has 3 N–H and O–H groups in total. The number of anilines is 1. The van der Waals surface area contributed by atoms with Gasteiger partial charge in [0.05, 0.1) is 24.4 Å². The number of methoxy groups -OCH3 is 1. The lowest BCUT2D eigenvalue weighted by Gasteiger charge is -2.12. The number of nitrogens with zero attached hydrogens (tertiary/aromatic N) is 1. The molecule has 1 aliphatic carbocycles. The lowest BCUT2D eigenvalue weighted by molar-refractivity contribution is -0.120. The summed E-state index contributed by atoms with van der Waals surface area (Å²) < 4.78 is 4.93. The van der Waals surface area contributed by atoms with Crippen LogP contribution in [-0.2, 0) is 4.79 Å². The van der Waals surface area contributed by atoms with Crippen molar-refractivity contribution in [3.63, 3.8) is 0 Å². The molecular weight excluding hydrogens is 206 g/mol. The highest BCUT2D eigenvalue weighted by molar-refractivity contribution is 5.97. The minimum absolute atomic E-state index is 0.0121. The van der Waals surface area contributed by atoms with Gasteiger partial charge in [-0.05, 0) is 18.9 Å². The summed E-state index contributed by atoms with van der Waals surface area (Å²) in [5, 5.41) is 2.81. The molecule has 1 heterocycles. The molecule has 1 aromatic rings.